The van der Waals surface area contributed by atoms with E-state index in [-0.39, 0.29) is 5.75 Å². The van der Waals surface area contributed by atoms with Gasteiger partial charge in [-0.05, 0) is 30.2 Å². The van der Waals surface area contributed by atoms with Crippen LogP contribution >= 0.6 is 0 Å². The molecule has 0 atom stereocenters. The number of fused-ring (bicyclic) bond motifs is 1. The van der Waals surface area contributed by atoms with E-state index in [2.05, 4.69) is 4.57 Å². The van der Waals surface area contributed by atoms with Crippen LogP contribution in [0.2, 0.25) is 0 Å². The van der Waals surface area contributed by atoms with Gasteiger partial charge in [-0.15, -0.1) is 0 Å². The molecule has 18 heavy (non-hydrogen) atoms. The van der Waals surface area contributed by atoms with Crippen LogP contribution in [0.4, 0.5) is 0 Å². The van der Waals surface area contributed by atoms with Crippen LogP contribution in [-0.2, 0) is 28.7 Å². The summed E-state index contributed by atoms with van der Waals surface area (Å²) in [4.78, 5) is 0. The van der Waals surface area contributed by atoms with Crippen molar-refractivity contribution in [1.82, 2.24) is 4.57 Å². The zero-order valence-corrected chi connectivity index (χ0v) is 11.5. The van der Waals surface area contributed by atoms with E-state index in [1.54, 1.807) is 0 Å². The minimum absolute atomic E-state index is 0.0739. The topological polar surface area (TPSA) is 65.1 Å². The van der Waals surface area contributed by atoms with Crippen molar-refractivity contribution in [1.29, 1.82) is 0 Å². The highest BCUT2D eigenvalue weighted by atomic mass is 32.2. The van der Waals surface area contributed by atoms with Crippen LogP contribution in [0.15, 0.2) is 24.4 Å². The Morgan fingerprint density at radius 1 is 1.33 bits per heavy atom. The lowest BCUT2D eigenvalue weighted by molar-refractivity contribution is 0.601. The largest absolute Gasteiger partial charge is 0.347 e. The molecule has 0 radical (unpaired) electrons. The van der Waals surface area contributed by atoms with Gasteiger partial charge in [0.05, 0.1) is 5.75 Å². The second-order valence-electron chi connectivity index (χ2n) is 4.57. The van der Waals surface area contributed by atoms with Gasteiger partial charge >= 0.3 is 0 Å². The fourth-order valence-corrected chi connectivity index (χ4v) is 3.00. The normalized spacial score (nSPS) is 12.2. The Labute approximate surface area is 107 Å². The van der Waals surface area contributed by atoms with Crippen molar-refractivity contribution in [2.45, 2.75) is 25.8 Å². The zero-order valence-electron chi connectivity index (χ0n) is 10.7. The number of sulfone groups is 1. The van der Waals surface area contributed by atoms with Gasteiger partial charge in [-0.25, -0.2) is 8.42 Å². The van der Waals surface area contributed by atoms with Crippen LogP contribution in [-0.4, -0.2) is 19.2 Å². The number of hydrogen-bond acceptors (Lipinski definition) is 3. The highest BCUT2D eigenvalue weighted by Gasteiger charge is 2.12. The Morgan fingerprint density at radius 3 is 2.61 bits per heavy atom. The van der Waals surface area contributed by atoms with E-state index in [1.165, 1.54) is 6.26 Å². The van der Waals surface area contributed by atoms with Crippen molar-refractivity contribution in [2.24, 2.45) is 5.73 Å². The van der Waals surface area contributed by atoms with Crippen LogP contribution in [0.3, 0.4) is 0 Å². The van der Waals surface area contributed by atoms with Gasteiger partial charge in [0.25, 0.3) is 0 Å². The molecule has 1 heterocycles. The van der Waals surface area contributed by atoms with E-state index in [1.807, 2.05) is 31.3 Å². The molecule has 0 aliphatic carbocycles. The van der Waals surface area contributed by atoms with E-state index < -0.39 is 9.84 Å². The third-order valence-electron chi connectivity index (χ3n) is 3.02. The first kappa shape index (κ1) is 13.1. The van der Waals surface area contributed by atoms with Crippen LogP contribution in [0.25, 0.3) is 10.9 Å². The monoisotopic (exact) mass is 266 g/mol. The van der Waals surface area contributed by atoms with E-state index in [4.69, 9.17) is 5.73 Å². The molecule has 4 nitrogen and oxygen atoms in total. The van der Waals surface area contributed by atoms with Gasteiger partial charge < -0.3 is 10.3 Å². The summed E-state index contributed by atoms with van der Waals surface area (Å²) >= 11 is 0. The van der Waals surface area contributed by atoms with Crippen molar-refractivity contribution in [2.75, 3.05) is 6.26 Å². The molecule has 0 unspecified atom stereocenters. The summed E-state index contributed by atoms with van der Waals surface area (Å²) in [7, 11) is -3.03. The predicted molar refractivity (Wildman–Crippen MR) is 74.1 cm³/mol. The summed E-state index contributed by atoms with van der Waals surface area (Å²) in [6, 6.07) is 5.98. The molecule has 0 aliphatic heterocycles. The number of nitrogens with two attached hydrogens (primary N) is 1. The lowest BCUT2D eigenvalue weighted by atomic mass is 10.1. The molecule has 0 bridgehead atoms. The Kier molecular flexibility index (Phi) is 3.45. The molecule has 0 saturated heterocycles. The summed E-state index contributed by atoms with van der Waals surface area (Å²) in [5.74, 6) is 0.0739. The molecule has 5 heteroatoms. The van der Waals surface area contributed by atoms with E-state index in [0.29, 0.717) is 6.54 Å². The van der Waals surface area contributed by atoms with Crippen LogP contribution in [0.1, 0.15) is 18.1 Å². The second kappa shape index (κ2) is 4.74. The maximum Gasteiger partial charge on any atom is 0.151 e. The van der Waals surface area contributed by atoms with Crippen molar-refractivity contribution in [3.8, 4) is 0 Å². The molecule has 2 N–H and O–H groups in total. The molecule has 2 rings (SSSR count). The number of aromatic nitrogens is 1. The predicted octanol–water partition coefficient (Wildman–Crippen LogP) is 1.66. The Morgan fingerprint density at radius 2 is 2.06 bits per heavy atom. The molecular formula is C13H18N2O2S. The van der Waals surface area contributed by atoms with Crippen molar-refractivity contribution in [3.05, 3.63) is 35.5 Å². The third kappa shape index (κ3) is 2.57. The van der Waals surface area contributed by atoms with Crippen LogP contribution in [0, 0.1) is 0 Å². The maximum absolute atomic E-state index is 11.5. The number of benzene rings is 1. The van der Waals surface area contributed by atoms with E-state index in [9.17, 15) is 8.42 Å². The van der Waals surface area contributed by atoms with Crippen LogP contribution in [0.5, 0.6) is 0 Å². The summed E-state index contributed by atoms with van der Waals surface area (Å²) < 4.78 is 25.0. The zero-order chi connectivity index (χ0) is 13.3. The van der Waals surface area contributed by atoms with E-state index in [0.717, 1.165) is 28.6 Å². The van der Waals surface area contributed by atoms with Gasteiger partial charge in [-0.1, -0.05) is 6.07 Å². The molecule has 1 aromatic heterocycles. The van der Waals surface area contributed by atoms with Gasteiger partial charge in [0.15, 0.2) is 9.84 Å². The van der Waals surface area contributed by atoms with E-state index >= 15 is 0 Å². The first-order valence-corrected chi connectivity index (χ1v) is 7.99. The van der Waals surface area contributed by atoms with Gasteiger partial charge in [0.1, 0.15) is 0 Å². The number of hydrogen-bond donors (Lipinski definition) is 1. The minimum Gasteiger partial charge on any atom is -0.347 e. The standard InChI is InChI=1S/C13H18N2O2S/c1-3-15-8-11(9-18(2,16)17)12-6-10(7-14)4-5-13(12)15/h4-6,8H,3,7,9,14H2,1-2H3. The first-order valence-electron chi connectivity index (χ1n) is 5.93. The molecule has 0 amide bonds. The maximum atomic E-state index is 11.5. The van der Waals surface area contributed by atoms with Gasteiger partial charge in [0, 0.05) is 36.4 Å². The lowest BCUT2D eigenvalue weighted by Gasteiger charge is -2.02. The average molecular weight is 266 g/mol. The summed E-state index contributed by atoms with van der Waals surface area (Å²) in [5.41, 5.74) is 8.57. The Bertz CT molecular complexity index is 672. The smallest absolute Gasteiger partial charge is 0.151 e. The summed E-state index contributed by atoms with van der Waals surface area (Å²) in [6.07, 6.45) is 3.18. The molecule has 2 aromatic rings. The fraction of sp³-hybridized carbons (Fsp3) is 0.385. The second-order valence-corrected chi connectivity index (χ2v) is 6.71. The van der Waals surface area contributed by atoms with Gasteiger partial charge in [-0.2, -0.15) is 0 Å². The van der Waals surface area contributed by atoms with Gasteiger partial charge in [-0.3, -0.25) is 0 Å². The SMILES string of the molecule is CCn1cc(CS(C)(=O)=O)c2cc(CN)ccc21. The fourth-order valence-electron chi connectivity index (χ4n) is 2.20. The quantitative estimate of drug-likeness (QED) is 0.915. The number of rotatable bonds is 4. The highest BCUT2D eigenvalue weighted by molar-refractivity contribution is 7.89. The molecule has 1 aromatic carbocycles. The molecule has 0 fully saturated rings. The third-order valence-corrected chi connectivity index (χ3v) is 3.86. The number of aryl methyl sites for hydroxylation is 1. The molecule has 0 spiro atoms. The van der Waals surface area contributed by atoms with Crippen LogP contribution < -0.4 is 5.73 Å². The molecule has 0 saturated carbocycles. The molecular weight excluding hydrogens is 248 g/mol. The molecule has 0 aliphatic rings. The Balaban J connectivity index is 2.64. The number of nitrogens with zero attached hydrogens (tertiary/aromatic N) is 1. The van der Waals surface area contributed by atoms with Crippen molar-refractivity contribution in [3.63, 3.8) is 0 Å². The van der Waals surface area contributed by atoms with Gasteiger partial charge in [0.2, 0.25) is 0 Å². The Hall–Kier alpha value is -1.33. The first-order chi connectivity index (χ1) is 8.44. The van der Waals surface area contributed by atoms with Crippen molar-refractivity contribution < 1.29 is 8.42 Å². The lowest BCUT2D eigenvalue weighted by Crippen LogP contribution is -2.00. The average Bonchev–Trinajstić information content (AvgIpc) is 2.64. The summed E-state index contributed by atoms with van der Waals surface area (Å²) in [5, 5.41) is 0.991. The van der Waals surface area contributed by atoms with Crippen molar-refractivity contribution >= 4 is 20.7 Å². The highest BCUT2D eigenvalue weighted by Crippen LogP contribution is 2.24. The summed E-state index contributed by atoms with van der Waals surface area (Å²) in [6.45, 7) is 3.33. The molecule has 98 valence electrons. The minimum atomic E-state index is -3.03.